The van der Waals surface area contributed by atoms with Crippen molar-refractivity contribution < 1.29 is 14.3 Å². The number of rotatable bonds is 5. The van der Waals surface area contributed by atoms with Crippen molar-refractivity contribution in [1.29, 1.82) is 5.26 Å². The largest absolute Gasteiger partial charge is 0.454 e. The molecule has 0 aliphatic carbocycles. The quantitative estimate of drug-likeness (QED) is 0.723. The molecule has 1 amide bonds. The maximum absolute atomic E-state index is 11.2. The lowest BCUT2D eigenvalue weighted by Crippen LogP contribution is -2.33. The molecule has 0 atom stereocenters. The molecule has 0 fully saturated rings. The zero-order chi connectivity index (χ0) is 12.8. The predicted octanol–water partition coefficient (Wildman–Crippen LogP) is 0.145. The molecule has 0 spiro atoms. The average molecular weight is 247 g/mol. The Morgan fingerprint density at radius 2 is 2.33 bits per heavy atom. The molecule has 18 heavy (non-hydrogen) atoms. The first-order chi connectivity index (χ1) is 8.81. The third kappa shape index (κ3) is 2.90. The van der Waals surface area contributed by atoms with Crippen LogP contribution in [0.1, 0.15) is 5.56 Å². The van der Waals surface area contributed by atoms with E-state index < -0.39 is 0 Å². The Labute approximate surface area is 104 Å². The van der Waals surface area contributed by atoms with Gasteiger partial charge in [0.15, 0.2) is 11.5 Å². The molecule has 1 aromatic rings. The fraction of sp³-hybridized carbons (Fsp3) is 0.333. The zero-order valence-corrected chi connectivity index (χ0v) is 9.73. The minimum atomic E-state index is -0.207. The number of nitrogens with one attached hydrogen (secondary N) is 2. The van der Waals surface area contributed by atoms with Crippen LogP contribution < -0.4 is 20.1 Å². The minimum Gasteiger partial charge on any atom is -0.454 e. The van der Waals surface area contributed by atoms with Crippen LogP contribution in [0.15, 0.2) is 18.2 Å². The van der Waals surface area contributed by atoms with Gasteiger partial charge < -0.3 is 20.1 Å². The molecule has 0 aromatic heterocycles. The predicted molar refractivity (Wildman–Crippen MR) is 62.9 cm³/mol. The molecule has 0 bridgehead atoms. The molecule has 0 saturated carbocycles. The fourth-order valence-electron chi connectivity index (χ4n) is 1.64. The molecular formula is C12H13N3O3. The van der Waals surface area contributed by atoms with Crippen LogP contribution in [0, 0.1) is 11.3 Å². The van der Waals surface area contributed by atoms with Crippen molar-refractivity contribution in [2.24, 2.45) is 0 Å². The number of hydrogen-bond acceptors (Lipinski definition) is 5. The summed E-state index contributed by atoms with van der Waals surface area (Å²) >= 11 is 0. The van der Waals surface area contributed by atoms with Crippen LogP contribution in [-0.2, 0) is 11.3 Å². The van der Waals surface area contributed by atoms with Crippen LogP contribution in [0.3, 0.4) is 0 Å². The van der Waals surface area contributed by atoms with Crippen molar-refractivity contribution in [1.82, 2.24) is 10.6 Å². The summed E-state index contributed by atoms with van der Waals surface area (Å²) in [6.07, 6.45) is 0. The van der Waals surface area contributed by atoms with Crippen molar-refractivity contribution in [3.05, 3.63) is 23.8 Å². The highest BCUT2D eigenvalue weighted by Crippen LogP contribution is 2.34. The van der Waals surface area contributed by atoms with Gasteiger partial charge in [-0.05, 0) is 6.07 Å². The molecular weight excluding hydrogens is 234 g/mol. The standard InChI is InChI=1S/C12H13N3O3/c13-4-5-15-11(16)7-14-6-9-2-1-3-10-12(9)18-8-17-10/h1-3,14H,5-8H2,(H,15,16). The van der Waals surface area contributed by atoms with E-state index in [9.17, 15) is 4.79 Å². The van der Waals surface area contributed by atoms with Crippen LogP contribution in [0.2, 0.25) is 0 Å². The van der Waals surface area contributed by atoms with Crippen LogP contribution in [-0.4, -0.2) is 25.8 Å². The van der Waals surface area contributed by atoms with E-state index in [-0.39, 0.29) is 25.8 Å². The van der Waals surface area contributed by atoms with Gasteiger partial charge in [-0.3, -0.25) is 4.79 Å². The topological polar surface area (TPSA) is 83.4 Å². The van der Waals surface area contributed by atoms with Crippen LogP contribution in [0.4, 0.5) is 0 Å². The summed E-state index contributed by atoms with van der Waals surface area (Å²) in [4.78, 5) is 11.2. The van der Waals surface area contributed by atoms with Gasteiger partial charge in [0, 0.05) is 12.1 Å². The number of amides is 1. The Balaban J connectivity index is 1.83. The monoisotopic (exact) mass is 247 g/mol. The Hall–Kier alpha value is -2.26. The number of hydrogen-bond donors (Lipinski definition) is 2. The Bertz CT molecular complexity index is 482. The molecule has 6 heteroatoms. The zero-order valence-electron chi connectivity index (χ0n) is 9.73. The van der Waals surface area contributed by atoms with E-state index in [1.165, 1.54) is 0 Å². The summed E-state index contributed by atoms with van der Waals surface area (Å²) in [5, 5.41) is 13.7. The van der Waals surface area contributed by atoms with Gasteiger partial charge in [-0.15, -0.1) is 0 Å². The Morgan fingerprint density at radius 3 is 3.17 bits per heavy atom. The second-order valence-corrected chi connectivity index (χ2v) is 3.69. The lowest BCUT2D eigenvalue weighted by Gasteiger charge is -2.07. The molecule has 1 aromatic carbocycles. The van der Waals surface area contributed by atoms with Crippen molar-refractivity contribution in [3.8, 4) is 17.6 Å². The van der Waals surface area contributed by atoms with Gasteiger partial charge in [0.05, 0.1) is 12.6 Å². The van der Waals surface area contributed by atoms with Gasteiger partial charge in [0.2, 0.25) is 12.7 Å². The maximum Gasteiger partial charge on any atom is 0.234 e. The summed E-state index contributed by atoms with van der Waals surface area (Å²) in [5.74, 6) is 1.24. The summed E-state index contributed by atoms with van der Waals surface area (Å²) < 4.78 is 10.6. The van der Waals surface area contributed by atoms with E-state index >= 15 is 0 Å². The maximum atomic E-state index is 11.2. The van der Waals surface area contributed by atoms with Crippen molar-refractivity contribution in [2.75, 3.05) is 19.9 Å². The molecule has 0 radical (unpaired) electrons. The van der Waals surface area contributed by atoms with E-state index in [4.69, 9.17) is 14.7 Å². The first kappa shape index (κ1) is 12.2. The number of fused-ring (bicyclic) bond motifs is 1. The molecule has 1 aliphatic rings. The van der Waals surface area contributed by atoms with Gasteiger partial charge in [0.1, 0.15) is 6.54 Å². The molecule has 6 nitrogen and oxygen atoms in total. The molecule has 2 N–H and O–H groups in total. The molecule has 0 saturated heterocycles. The second-order valence-electron chi connectivity index (χ2n) is 3.69. The number of ether oxygens (including phenoxy) is 2. The van der Waals surface area contributed by atoms with E-state index in [2.05, 4.69) is 10.6 Å². The number of carbonyl (C=O) groups excluding carboxylic acids is 1. The first-order valence-electron chi connectivity index (χ1n) is 5.53. The summed E-state index contributed by atoms with van der Waals surface area (Å²) in [6, 6.07) is 7.47. The van der Waals surface area contributed by atoms with E-state index in [0.29, 0.717) is 6.54 Å². The summed E-state index contributed by atoms with van der Waals surface area (Å²) in [7, 11) is 0. The first-order valence-corrected chi connectivity index (χ1v) is 5.53. The average Bonchev–Trinajstić information content (AvgIpc) is 2.85. The number of para-hydroxylation sites is 1. The van der Waals surface area contributed by atoms with E-state index in [1.54, 1.807) is 0 Å². The fourth-order valence-corrected chi connectivity index (χ4v) is 1.64. The van der Waals surface area contributed by atoms with Gasteiger partial charge >= 0.3 is 0 Å². The van der Waals surface area contributed by atoms with Crippen molar-refractivity contribution in [3.63, 3.8) is 0 Å². The molecule has 0 unspecified atom stereocenters. The van der Waals surface area contributed by atoms with E-state index in [1.807, 2.05) is 24.3 Å². The van der Waals surface area contributed by atoms with E-state index in [0.717, 1.165) is 17.1 Å². The molecule has 1 aliphatic heterocycles. The van der Waals surface area contributed by atoms with Crippen LogP contribution in [0.25, 0.3) is 0 Å². The summed E-state index contributed by atoms with van der Waals surface area (Å²) in [6.45, 7) is 0.923. The third-order valence-electron chi connectivity index (χ3n) is 2.44. The van der Waals surface area contributed by atoms with Gasteiger partial charge in [-0.2, -0.15) is 5.26 Å². The van der Waals surface area contributed by atoms with Crippen molar-refractivity contribution in [2.45, 2.75) is 6.54 Å². The number of nitrogens with zero attached hydrogens (tertiary/aromatic N) is 1. The molecule has 94 valence electrons. The number of nitriles is 1. The van der Waals surface area contributed by atoms with Crippen molar-refractivity contribution >= 4 is 5.91 Å². The normalized spacial score (nSPS) is 11.9. The third-order valence-corrected chi connectivity index (χ3v) is 2.44. The lowest BCUT2D eigenvalue weighted by molar-refractivity contribution is -0.120. The highest BCUT2D eigenvalue weighted by atomic mass is 16.7. The SMILES string of the molecule is N#CCNC(=O)CNCc1cccc2c1OCO2. The summed E-state index contributed by atoms with van der Waals surface area (Å²) in [5.41, 5.74) is 0.943. The minimum absolute atomic E-state index is 0.0260. The van der Waals surface area contributed by atoms with Crippen LogP contribution >= 0.6 is 0 Å². The second kappa shape index (κ2) is 5.89. The Morgan fingerprint density at radius 1 is 1.44 bits per heavy atom. The van der Waals surface area contributed by atoms with Gasteiger partial charge in [0.25, 0.3) is 0 Å². The highest BCUT2D eigenvalue weighted by Gasteiger charge is 2.16. The highest BCUT2D eigenvalue weighted by molar-refractivity contribution is 5.78. The van der Waals surface area contributed by atoms with Gasteiger partial charge in [-0.1, -0.05) is 12.1 Å². The lowest BCUT2D eigenvalue weighted by atomic mass is 10.2. The molecule has 2 rings (SSSR count). The van der Waals surface area contributed by atoms with Crippen LogP contribution in [0.5, 0.6) is 11.5 Å². The molecule has 1 heterocycles. The van der Waals surface area contributed by atoms with Gasteiger partial charge in [-0.25, -0.2) is 0 Å². The number of carbonyl (C=O) groups is 1. The number of benzene rings is 1. The smallest absolute Gasteiger partial charge is 0.234 e. The Kier molecular flexibility index (Phi) is 3.99.